The number of carbonyl (C=O) groups is 3. The van der Waals surface area contributed by atoms with Crippen molar-refractivity contribution in [2.24, 2.45) is 13.0 Å². The molecule has 0 saturated carbocycles. The fourth-order valence-electron chi connectivity index (χ4n) is 4.44. The molecule has 41 heavy (non-hydrogen) atoms. The van der Waals surface area contributed by atoms with Crippen molar-refractivity contribution >= 4 is 17.7 Å². The summed E-state index contributed by atoms with van der Waals surface area (Å²) in [6, 6.07) is 4.39. The molecular formula is C26H35N9O6. The van der Waals surface area contributed by atoms with Crippen molar-refractivity contribution in [1.29, 1.82) is 0 Å². The summed E-state index contributed by atoms with van der Waals surface area (Å²) in [7, 11) is 2.93. The number of amides is 3. The van der Waals surface area contributed by atoms with E-state index in [1.807, 2.05) is 13.8 Å². The number of aromatic nitrogens is 6. The molecule has 3 amide bonds. The van der Waals surface area contributed by atoms with Gasteiger partial charge in [-0.3, -0.25) is 19.4 Å². The molecule has 0 spiro atoms. The zero-order valence-electron chi connectivity index (χ0n) is 23.8. The summed E-state index contributed by atoms with van der Waals surface area (Å²) in [4.78, 5) is 59.5. The third-order valence-electron chi connectivity index (χ3n) is 6.54. The van der Waals surface area contributed by atoms with Crippen LogP contribution in [0.5, 0.6) is 11.5 Å². The summed E-state index contributed by atoms with van der Waals surface area (Å²) in [5, 5.41) is 14.2. The Morgan fingerprint density at radius 2 is 1.95 bits per heavy atom. The van der Waals surface area contributed by atoms with E-state index in [4.69, 9.17) is 9.47 Å². The maximum absolute atomic E-state index is 13.3. The van der Waals surface area contributed by atoms with Gasteiger partial charge >= 0.3 is 5.69 Å². The Hall–Kier alpha value is -4.69. The summed E-state index contributed by atoms with van der Waals surface area (Å²) < 4.78 is 14.1. The van der Waals surface area contributed by atoms with E-state index < -0.39 is 23.5 Å². The van der Waals surface area contributed by atoms with Gasteiger partial charge in [-0.2, -0.15) is 5.10 Å². The molecule has 15 nitrogen and oxygen atoms in total. The predicted octanol–water partition coefficient (Wildman–Crippen LogP) is 0.185. The highest BCUT2D eigenvalue weighted by atomic mass is 16.5. The van der Waals surface area contributed by atoms with E-state index in [9.17, 15) is 19.2 Å². The van der Waals surface area contributed by atoms with Gasteiger partial charge in [0.05, 0.1) is 26.2 Å². The average Bonchev–Trinajstić information content (AvgIpc) is 3.47. The Bertz CT molecular complexity index is 1470. The van der Waals surface area contributed by atoms with Crippen LogP contribution in [-0.4, -0.2) is 85.5 Å². The average molecular weight is 570 g/mol. The number of fused-ring (bicyclic) bond motifs is 3. The fourth-order valence-corrected chi connectivity index (χ4v) is 4.44. The van der Waals surface area contributed by atoms with Gasteiger partial charge in [-0.15, -0.1) is 5.10 Å². The first kappa shape index (κ1) is 29.3. The lowest BCUT2D eigenvalue weighted by atomic mass is 10.0. The molecule has 1 aliphatic heterocycles. The number of methoxy groups -OCH3 is 1. The molecule has 15 heteroatoms. The van der Waals surface area contributed by atoms with Crippen molar-refractivity contribution in [2.75, 3.05) is 33.4 Å². The van der Waals surface area contributed by atoms with Gasteiger partial charge in [-0.25, -0.2) is 19.1 Å². The van der Waals surface area contributed by atoms with E-state index in [-0.39, 0.29) is 43.9 Å². The molecule has 1 atom stereocenters. The molecule has 4 rings (SSSR count). The number of ether oxygens (including phenoxy) is 2. The largest absolute Gasteiger partial charge is 0.493 e. The molecular weight excluding hydrogens is 534 g/mol. The minimum Gasteiger partial charge on any atom is -0.493 e. The van der Waals surface area contributed by atoms with Gasteiger partial charge < -0.3 is 25.0 Å². The van der Waals surface area contributed by atoms with Crippen LogP contribution < -0.4 is 25.8 Å². The monoisotopic (exact) mass is 569 g/mol. The molecule has 0 fully saturated rings. The van der Waals surface area contributed by atoms with Crippen LogP contribution in [-0.2, 0) is 18.4 Å². The first-order valence-electron chi connectivity index (χ1n) is 13.3. The Morgan fingerprint density at radius 3 is 2.63 bits per heavy atom. The van der Waals surface area contributed by atoms with Gasteiger partial charge in [-0.1, -0.05) is 13.8 Å². The molecule has 3 N–H and O–H groups in total. The lowest BCUT2D eigenvalue weighted by Crippen LogP contribution is -2.44. The van der Waals surface area contributed by atoms with Crippen LogP contribution in [0.15, 0.2) is 23.0 Å². The van der Waals surface area contributed by atoms with Gasteiger partial charge in [0.25, 0.3) is 11.8 Å². The van der Waals surface area contributed by atoms with E-state index in [1.165, 1.54) is 19.1 Å². The Morgan fingerprint density at radius 1 is 1.17 bits per heavy atom. The number of aromatic amines is 1. The van der Waals surface area contributed by atoms with Gasteiger partial charge in [0, 0.05) is 25.7 Å². The lowest BCUT2D eigenvalue weighted by molar-refractivity contribution is -0.123. The summed E-state index contributed by atoms with van der Waals surface area (Å²) in [6.07, 6.45) is 0.336. The summed E-state index contributed by atoms with van der Waals surface area (Å²) in [5.74, 6) is 0.320. The van der Waals surface area contributed by atoms with E-state index >= 15 is 0 Å². The van der Waals surface area contributed by atoms with E-state index in [0.717, 1.165) is 4.68 Å². The van der Waals surface area contributed by atoms with Gasteiger partial charge in [0.2, 0.25) is 11.7 Å². The number of aryl methyl sites for hydroxylation is 2. The minimum atomic E-state index is -0.615. The van der Waals surface area contributed by atoms with Crippen LogP contribution in [0.4, 0.5) is 0 Å². The number of benzene rings is 1. The molecule has 0 aliphatic carbocycles. The molecule has 0 saturated heterocycles. The van der Waals surface area contributed by atoms with Crippen molar-refractivity contribution in [3.05, 3.63) is 51.7 Å². The number of carbonyl (C=O) groups excluding carboxylic acids is 3. The Labute approximate surface area is 236 Å². The molecule has 0 unspecified atom stereocenters. The second-order valence-electron chi connectivity index (χ2n) is 9.98. The van der Waals surface area contributed by atoms with E-state index in [1.54, 1.807) is 29.8 Å². The summed E-state index contributed by atoms with van der Waals surface area (Å²) >= 11 is 0. The second kappa shape index (κ2) is 12.7. The van der Waals surface area contributed by atoms with Gasteiger partial charge in [0.15, 0.2) is 11.5 Å². The van der Waals surface area contributed by atoms with Crippen LogP contribution in [0, 0.1) is 12.8 Å². The first-order chi connectivity index (χ1) is 19.6. The summed E-state index contributed by atoms with van der Waals surface area (Å²) in [6.45, 7) is 6.20. The molecule has 3 heterocycles. The van der Waals surface area contributed by atoms with E-state index in [0.29, 0.717) is 41.7 Å². The Kier molecular flexibility index (Phi) is 9.04. The number of rotatable bonds is 3. The number of nitrogens with zero attached hydrogens (tertiary/aromatic N) is 6. The number of hydrogen-bond donors (Lipinski definition) is 3. The fraction of sp³-hybridized carbons (Fsp3) is 0.500. The molecule has 220 valence electrons. The highest BCUT2D eigenvalue weighted by Crippen LogP contribution is 2.28. The standard InChI is InChI=1S/C26H35N9O6/c1-15(2)21-23-28-16(3)31-35(23)11-12-41-19-13-17(7-8-18(19)40-5)24(37)27-9-6-10-34(14-20(36)29-21)25(38)22-30-26(39)33(4)32-22/h7-8,13,15,21H,6,9-12,14H2,1-5H3,(H,27,37)(H,29,36)(H,30,32,39)/t21-/m0/s1. The minimum absolute atomic E-state index is 0.0592. The molecule has 1 aromatic carbocycles. The zero-order chi connectivity index (χ0) is 29.7. The van der Waals surface area contributed by atoms with Crippen LogP contribution in [0.2, 0.25) is 0 Å². The molecule has 2 aromatic heterocycles. The van der Waals surface area contributed by atoms with Crippen molar-refractivity contribution in [1.82, 2.24) is 45.1 Å². The quantitative estimate of drug-likeness (QED) is 0.397. The molecule has 2 bridgehead atoms. The third-order valence-corrected chi connectivity index (χ3v) is 6.54. The summed E-state index contributed by atoms with van der Waals surface area (Å²) in [5.41, 5.74) is -0.179. The number of H-pyrrole nitrogens is 1. The first-order valence-corrected chi connectivity index (χ1v) is 13.3. The van der Waals surface area contributed by atoms with Crippen LogP contribution in [0.25, 0.3) is 0 Å². The second-order valence-corrected chi connectivity index (χ2v) is 9.98. The van der Waals surface area contributed by atoms with Crippen molar-refractivity contribution in [2.45, 2.75) is 39.8 Å². The number of nitrogens with one attached hydrogen (secondary N) is 3. The van der Waals surface area contributed by atoms with Crippen molar-refractivity contribution in [3.63, 3.8) is 0 Å². The van der Waals surface area contributed by atoms with Gasteiger partial charge in [-0.05, 0) is 37.5 Å². The normalized spacial score (nSPS) is 17.1. The Balaban J connectivity index is 1.67. The topological polar surface area (TPSA) is 178 Å². The SMILES string of the molecule is COc1ccc2cc1OCCn1nc(C)nc1[C@H](C(C)C)NC(=O)CN(C(=O)c1nn(C)c(=O)[nH]1)CCCNC2=O. The van der Waals surface area contributed by atoms with Crippen molar-refractivity contribution < 1.29 is 23.9 Å². The smallest absolute Gasteiger partial charge is 0.343 e. The zero-order valence-corrected chi connectivity index (χ0v) is 23.8. The van der Waals surface area contributed by atoms with Crippen molar-refractivity contribution in [3.8, 4) is 11.5 Å². The van der Waals surface area contributed by atoms with Crippen LogP contribution in [0.1, 0.15) is 58.9 Å². The highest BCUT2D eigenvalue weighted by Gasteiger charge is 2.28. The van der Waals surface area contributed by atoms with Crippen LogP contribution in [0.3, 0.4) is 0 Å². The third kappa shape index (κ3) is 6.91. The maximum atomic E-state index is 13.3. The highest BCUT2D eigenvalue weighted by molar-refractivity contribution is 5.95. The number of hydrogen-bond acceptors (Lipinski definition) is 9. The molecule has 3 aromatic rings. The van der Waals surface area contributed by atoms with E-state index in [2.05, 4.69) is 30.8 Å². The lowest BCUT2D eigenvalue weighted by Gasteiger charge is -2.26. The van der Waals surface area contributed by atoms with Gasteiger partial charge in [0.1, 0.15) is 18.3 Å². The molecule has 1 aliphatic rings. The predicted molar refractivity (Wildman–Crippen MR) is 146 cm³/mol. The molecule has 0 radical (unpaired) electrons. The maximum Gasteiger partial charge on any atom is 0.343 e. The van der Waals surface area contributed by atoms with Crippen LogP contribution >= 0.6 is 0 Å².